The predicted molar refractivity (Wildman–Crippen MR) is 327 cm³/mol. The van der Waals surface area contributed by atoms with Crippen LogP contribution in [-0.4, -0.2) is 207 Å². The molecule has 14 amide bonds. The predicted octanol–water partition coefficient (Wildman–Crippen LogP) is -8.28. The molecule has 1 heterocycles. The Morgan fingerprint density at radius 1 is 0.484 bits per heavy atom. The number of primary amides is 3. The monoisotopic (exact) mass is 1320 g/mol. The third-order valence-corrected chi connectivity index (χ3v) is 15.7. The van der Waals surface area contributed by atoms with Gasteiger partial charge in [0.1, 0.15) is 78.0 Å². The van der Waals surface area contributed by atoms with Gasteiger partial charge < -0.3 is 108 Å². The van der Waals surface area contributed by atoms with Gasteiger partial charge in [-0.1, -0.05) is 45.9 Å². The number of nitrogens with zero attached hydrogens (tertiary/aromatic N) is 1. The van der Waals surface area contributed by atoms with Gasteiger partial charge in [0.05, 0.1) is 13.2 Å². The van der Waals surface area contributed by atoms with Crippen molar-refractivity contribution in [1.29, 1.82) is 0 Å². The fourth-order valence-electron chi connectivity index (χ4n) is 8.27. The Labute approximate surface area is 529 Å². The molecule has 1 fully saturated rings. The molecule has 1 aliphatic rings. The summed E-state index contributed by atoms with van der Waals surface area (Å²) in [6.07, 6.45) is -3.06. The van der Waals surface area contributed by atoms with E-state index in [0.717, 1.165) is 35.4 Å². The molecule has 2 aromatic carbocycles. The molecule has 11 atom stereocenters. The minimum atomic E-state index is -1.90. The van der Waals surface area contributed by atoms with Crippen molar-refractivity contribution in [2.45, 2.75) is 139 Å². The second kappa shape index (κ2) is 38.1. The summed E-state index contributed by atoms with van der Waals surface area (Å²) >= 11 is 0. The van der Waals surface area contributed by atoms with Gasteiger partial charge in [-0.2, -0.15) is 0 Å². The van der Waals surface area contributed by atoms with Gasteiger partial charge in [0.15, 0.2) is 5.96 Å². The maximum Gasteiger partial charge on any atom is 0.245 e. The Kier molecular flexibility index (Phi) is 31.8. The first-order valence-electron chi connectivity index (χ1n) is 28.2. The van der Waals surface area contributed by atoms with E-state index < -0.39 is 188 Å². The maximum absolute atomic E-state index is 14.3. The highest BCUT2D eigenvalue weighted by atomic mass is 33.1. The number of benzene rings is 2. The fourth-order valence-corrected chi connectivity index (χ4v) is 10.6. The summed E-state index contributed by atoms with van der Waals surface area (Å²) in [5.41, 5.74) is 28.0. The second-order valence-corrected chi connectivity index (χ2v) is 23.3. The number of aliphatic hydroxyl groups excluding tert-OH is 2. The number of hydrogen-bond donors (Lipinski definition) is 20. The molecule has 3 rings (SSSR count). The number of phenols is 2. The zero-order valence-electron chi connectivity index (χ0n) is 49.8. The molecule has 91 heavy (non-hydrogen) atoms. The standard InChI is InChI=1S/C54H79N17O18S2/c1-25-44(80)64-32(5-4-18-60-54(58)59)47(83)67-36(20-29-8-12-31(76)13-9-29)50(86)70-38(22-73)52(88)66-33(14-16-41(55)77)46(82)61-26(2)45(81)71-39(43(57)79)23-90-91-24-40(63-27(3)74)53(89)68-35(19-28-6-10-30(75)11-7-28)49(85)65-34(15-17-42(56)78)48(84)69-37(21-72)51(87)62-25/h6-13,25-26,32-40,72-73,75-76H,4-5,14-24H2,1-3H3,(H2,55,77)(H2,56,78)(H2,57,79)(H,61,82)(H,62,87)(H,63,74)(H,64,80)(H,65,85)(H,66,88)(H,67,83)(H,68,89)(H,69,84)(H,70,86)(H,71,81)(H4,58,59,60)/t25-,26-,32?,33-,34-,35?,36-,37?,38?,39-,40-/m0/s1. The third-order valence-electron chi connectivity index (χ3n) is 13.3. The van der Waals surface area contributed by atoms with E-state index in [0.29, 0.717) is 11.1 Å². The number of nitrogens with two attached hydrogens (primary N) is 5. The number of nitrogens with one attached hydrogen (secondary N) is 11. The quantitative estimate of drug-likeness (QED) is 0.0285. The molecule has 37 heteroatoms. The number of phenolic OH excluding ortho intramolecular Hbond substituents is 2. The highest BCUT2D eigenvalue weighted by Gasteiger charge is 2.36. The summed E-state index contributed by atoms with van der Waals surface area (Å²) in [5.74, 6) is -15.9. The SMILES string of the molecule is CC(=O)N[C@H]1CSSC[C@@H](C(N)=O)NC(=O)[C@H](C)NC(=O)[C@H](CCC(N)=O)NC(=O)C(CO)NC(=O)[C@H](Cc2ccc(O)cc2)NC(=O)C(CCCN=C(N)N)NC(=O)[C@H](C)NC(=O)C(CO)NC(=O)[C@H](CCC(N)=O)NC(=O)C(Cc2ccc(O)cc2)NC1=O. The third kappa shape index (κ3) is 27.4. The fraction of sp³-hybridized carbons (Fsp3) is 0.500. The Balaban J connectivity index is 2.16. The molecule has 0 bridgehead atoms. The van der Waals surface area contributed by atoms with Gasteiger partial charge in [-0.3, -0.25) is 72.1 Å². The van der Waals surface area contributed by atoms with Crippen LogP contribution >= 0.6 is 21.6 Å². The van der Waals surface area contributed by atoms with Gasteiger partial charge in [0.25, 0.3) is 0 Å². The zero-order valence-corrected chi connectivity index (χ0v) is 51.4. The molecule has 2 aromatic rings. The largest absolute Gasteiger partial charge is 0.508 e. The number of aliphatic hydroxyl groups is 2. The van der Waals surface area contributed by atoms with Crippen LogP contribution in [-0.2, 0) is 80.0 Å². The van der Waals surface area contributed by atoms with Crippen LogP contribution in [0.4, 0.5) is 0 Å². The normalized spacial score (nSPS) is 24.6. The molecule has 0 saturated carbocycles. The lowest BCUT2D eigenvalue weighted by Gasteiger charge is -2.27. The lowest BCUT2D eigenvalue weighted by Crippen LogP contribution is -2.61. The van der Waals surface area contributed by atoms with Crippen molar-refractivity contribution in [3.8, 4) is 11.5 Å². The summed E-state index contributed by atoms with van der Waals surface area (Å²) in [6.45, 7) is 1.05. The van der Waals surface area contributed by atoms with Crippen molar-refractivity contribution in [3.05, 3.63) is 59.7 Å². The van der Waals surface area contributed by atoms with Crippen LogP contribution in [0.15, 0.2) is 53.5 Å². The molecule has 35 nitrogen and oxygen atoms in total. The molecule has 1 saturated heterocycles. The van der Waals surface area contributed by atoms with Crippen molar-refractivity contribution in [3.63, 3.8) is 0 Å². The Bertz CT molecular complexity index is 2960. The van der Waals surface area contributed by atoms with Crippen LogP contribution in [0, 0.1) is 0 Å². The summed E-state index contributed by atoms with van der Waals surface area (Å²) in [6, 6.07) is -7.43. The van der Waals surface area contributed by atoms with E-state index in [1.54, 1.807) is 0 Å². The van der Waals surface area contributed by atoms with Gasteiger partial charge in [-0.25, -0.2) is 0 Å². The van der Waals surface area contributed by atoms with E-state index in [9.17, 15) is 87.5 Å². The molecule has 500 valence electrons. The van der Waals surface area contributed by atoms with E-state index >= 15 is 0 Å². The number of aromatic hydroxyl groups is 2. The van der Waals surface area contributed by atoms with Crippen LogP contribution in [0.3, 0.4) is 0 Å². The number of aliphatic imine (C=N–C) groups is 1. The van der Waals surface area contributed by atoms with Gasteiger partial charge in [-0.15, -0.1) is 0 Å². The van der Waals surface area contributed by atoms with E-state index in [1.807, 2.05) is 0 Å². The average molecular weight is 1320 g/mol. The van der Waals surface area contributed by atoms with Crippen molar-refractivity contribution in [2.75, 3.05) is 31.3 Å². The molecular formula is C54H79N17O18S2. The molecule has 0 aliphatic carbocycles. The number of amides is 14. The second-order valence-electron chi connectivity index (χ2n) is 20.7. The first-order chi connectivity index (χ1) is 42.9. The number of carbonyl (C=O) groups excluding carboxylic acids is 14. The Morgan fingerprint density at radius 3 is 1.25 bits per heavy atom. The van der Waals surface area contributed by atoms with Crippen LogP contribution in [0.25, 0.3) is 0 Å². The summed E-state index contributed by atoms with van der Waals surface area (Å²) in [5, 5.41) is 66.9. The van der Waals surface area contributed by atoms with E-state index in [4.69, 9.17) is 28.7 Å². The number of carbonyl (C=O) groups is 14. The van der Waals surface area contributed by atoms with E-state index in [1.165, 1.54) is 55.5 Å². The highest BCUT2D eigenvalue weighted by molar-refractivity contribution is 8.76. The van der Waals surface area contributed by atoms with Gasteiger partial charge >= 0.3 is 0 Å². The van der Waals surface area contributed by atoms with Crippen LogP contribution in [0.1, 0.15) is 70.4 Å². The van der Waals surface area contributed by atoms with E-state index in [2.05, 4.69) is 63.5 Å². The Morgan fingerprint density at radius 2 is 0.835 bits per heavy atom. The number of rotatable bonds is 18. The van der Waals surface area contributed by atoms with Gasteiger partial charge in [-0.05, 0) is 74.9 Å². The summed E-state index contributed by atoms with van der Waals surface area (Å²) < 4.78 is 0. The summed E-state index contributed by atoms with van der Waals surface area (Å²) in [7, 11) is 1.78. The molecular weight excluding hydrogens is 1240 g/mol. The van der Waals surface area contributed by atoms with Crippen molar-refractivity contribution >= 4 is 110 Å². The molecule has 4 unspecified atom stereocenters. The minimum Gasteiger partial charge on any atom is -0.508 e. The van der Waals surface area contributed by atoms with Gasteiger partial charge in [0, 0.05) is 50.7 Å². The topological polar surface area (TPSA) is 595 Å². The molecule has 0 radical (unpaired) electrons. The van der Waals surface area contributed by atoms with Crippen molar-refractivity contribution < 1.29 is 87.5 Å². The van der Waals surface area contributed by atoms with E-state index in [-0.39, 0.29) is 61.2 Å². The Hall–Kier alpha value is -9.49. The lowest BCUT2D eigenvalue weighted by molar-refractivity contribution is -0.136. The first kappa shape index (κ1) is 75.8. The van der Waals surface area contributed by atoms with Crippen molar-refractivity contribution in [2.24, 2.45) is 33.7 Å². The lowest BCUT2D eigenvalue weighted by atomic mass is 10.0. The number of guanidine groups is 1. The molecule has 0 spiro atoms. The zero-order chi connectivity index (χ0) is 68.1. The van der Waals surface area contributed by atoms with Crippen LogP contribution < -0.4 is 87.2 Å². The average Bonchev–Trinajstić information content (AvgIpc) is 1.30. The smallest absolute Gasteiger partial charge is 0.245 e. The van der Waals surface area contributed by atoms with Crippen LogP contribution in [0.2, 0.25) is 0 Å². The minimum absolute atomic E-state index is 0.00759. The van der Waals surface area contributed by atoms with Crippen molar-refractivity contribution in [1.82, 2.24) is 58.5 Å². The molecule has 1 aliphatic heterocycles. The molecule has 25 N–H and O–H groups in total. The summed E-state index contributed by atoms with van der Waals surface area (Å²) in [4.78, 5) is 193. The molecule has 0 aromatic heterocycles. The van der Waals surface area contributed by atoms with Crippen LogP contribution in [0.5, 0.6) is 11.5 Å². The van der Waals surface area contributed by atoms with Gasteiger partial charge in [0.2, 0.25) is 82.7 Å². The highest BCUT2D eigenvalue weighted by Crippen LogP contribution is 2.24. The number of hydrogen-bond acceptors (Lipinski definition) is 21. The maximum atomic E-state index is 14.3. The first-order valence-corrected chi connectivity index (χ1v) is 30.6.